The highest BCUT2D eigenvalue weighted by Crippen LogP contribution is 2.22. The largest absolute Gasteiger partial charge is 0.370 e. The monoisotopic (exact) mass is 254 g/mol. The van der Waals surface area contributed by atoms with Crippen LogP contribution in [-0.2, 0) is 9.63 Å². The second kappa shape index (κ2) is 4.72. The predicted octanol–water partition coefficient (Wildman–Crippen LogP) is 1.80. The molecule has 1 N–H and O–H groups in total. The van der Waals surface area contributed by atoms with Crippen molar-refractivity contribution in [2.45, 2.75) is 20.1 Å². The summed E-state index contributed by atoms with van der Waals surface area (Å²) in [5.41, 5.74) is 0.918. The third-order valence-electron chi connectivity index (χ3n) is 2.71. The number of benzene rings is 1. The van der Waals surface area contributed by atoms with Gasteiger partial charge in [0.2, 0.25) is 12.1 Å². The van der Waals surface area contributed by atoms with Gasteiger partial charge in [0.15, 0.2) is 11.6 Å². The number of hydrogen-bond donors (Lipinski definition) is 1. The molecule has 0 bridgehead atoms. The smallest absolute Gasteiger partial charge is 0.219 e. The fourth-order valence-corrected chi connectivity index (χ4v) is 1.75. The van der Waals surface area contributed by atoms with Crippen molar-refractivity contribution in [1.29, 1.82) is 0 Å². The van der Waals surface area contributed by atoms with Gasteiger partial charge in [0.1, 0.15) is 0 Å². The van der Waals surface area contributed by atoms with Crippen LogP contribution in [0.4, 0.5) is 8.78 Å². The maximum absolute atomic E-state index is 13.1. The van der Waals surface area contributed by atoms with Crippen molar-refractivity contribution < 1.29 is 18.4 Å². The van der Waals surface area contributed by atoms with Gasteiger partial charge in [-0.1, -0.05) is 12.1 Å². The lowest BCUT2D eigenvalue weighted by molar-refractivity contribution is -0.123. The molecule has 2 rings (SSSR count). The molecule has 1 aromatic carbocycles. The van der Waals surface area contributed by atoms with E-state index in [1.807, 2.05) is 0 Å². The maximum Gasteiger partial charge on any atom is 0.219 e. The van der Waals surface area contributed by atoms with Gasteiger partial charge in [-0.25, -0.2) is 8.78 Å². The lowest BCUT2D eigenvalue weighted by atomic mass is 9.97. The minimum Gasteiger partial charge on any atom is -0.370 e. The molecule has 1 amide bonds. The van der Waals surface area contributed by atoms with Gasteiger partial charge in [-0.15, -0.1) is 0 Å². The van der Waals surface area contributed by atoms with E-state index < -0.39 is 17.9 Å². The number of carbonyl (C=O) groups is 1. The minimum atomic E-state index is -0.939. The zero-order valence-electron chi connectivity index (χ0n) is 9.91. The van der Waals surface area contributed by atoms with E-state index in [1.165, 1.54) is 13.0 Å². The SMILES string of the molecule is CC(=O)NC1ON=C(c2ccc(F)c(F)c2)C1C. The Bertz CT molecular complexity index is 517. The molecule has 0 saturated carbocycles. The summed E-state index contributed by atoms with van der Waals surface area (Å²) in [7, 11) is 0. The molecule has 0 aromatic heterocycles. The van der Waals surface area contributed by atoms with E-state index in [4.69, 9.17) is 4.84 Å². The van der Waals surface area contributed by atoms with Crippen molar-refractivity contribution >= 4 is 11.6 Å². The number of amides is 1. The number of carbonyl (C=O) groups excluding carboxylic acids is 1. The topological polar surface area (TPSA) is 50.7 Å². The lowest BCUT2D eigenvalue weighted by Gasteiger charge is -2.14. The summed E-state index contributed by atoms with van der Waals surface area (Å²) in [6.07, 6.45) is -0.578. The number of halogens is 2. The third kappa shape index (κ3) is 2.32. The molecule has 0 fully saturated rings. The summed E-state index contributed by atoms with van der Waals surface area (Å²) in [5.74, 6) is -2.33. The van der Waals surface area contributed by atoms with Gasteiger partial charge >= 0.3 is 0 Å². The molecule has 1 aliphatic rings. The van der Waals surface area contributed by atoms with Gasteiger partial charge in [-0.05, 0) is 18.2 Å². The Morgan fingerprint density at radius 1 is 1.39 bits per heavy atom. The molecule has 4 nitrogen and oxygen atoms in total. The summed E-state index contributed by atoms with van der Waals surface area (Å²) < 4.78 is 26.0. The highest BCUT2D eigenvalue weighted by molar-refractivity contribution is 6.03. The highest BCUT2D eigenvalue weighted by atomic mass is 19.2. The number of oxime groups is 1. The molecule has 2 atom stereocenters. The zero-order valence-corrected chi connectivity index (χ0v) is 9.91. The second-order valence-electron chi connectivity index (χ2n) is 4.12. The molecular formula is C12H12F2N2O2. The quantitative estimate of drug-likeness (QED) is 0.874. The van der Waals surface area contributed by atoms with Crippen LogP contribution in [0.25, 0.3) is 0 Å². The number of nitrogens with zero attached hydrogens (tertiary/aromatic N) is 1. The van der Waals surface area contributed by atoms with Gasteiger partial charge < -0.3 is 10.2 Å². The van der Waals surface area contributed by atoms with E-state index >= 15 is 0 Å². The van der Waals surface area contributed by atoms with Crippen LogP contribution in [0.5, 0.6) is 0 Å². The van der Waals surface area contributed by atoms with Crippen molar-refractivity contribution in [3.63, 3.8) is 0 Å². The molecule has 1 aliphatic heterocycles. The average Bonchev–Trinajstić information content (AvgIpc) is 2.64. The van der Waals surface area contributed by atoms with Gasteiger partial charge in [0.25, 0.3) is 0 Å². The van der Waals surface area contributed by atoms with Crippen LogP contribution in [0.2, 0.25) is 0 Å². The Balaban J connectivity index is 2.20. The summed E-state index contributed by atoms with van der Waals surface area (Å²) in [5, 5.41) is 6.38. The number of nitrogens with one attached hydrogen (secondary N) is 1. The molecule has 18 heavy (non-hydrogen) atoms. The summed E-state index contributed by atoms with van der Waals surface area (Å²) in [4.78, 5) is 16.0. The zero-order chi connectivity index (χ0) is 13.3. The fourth-order valence-electron chi connectivity index (χ4n) is 1.75. The molecular weight excluding hydrogens is 242 g/mol. The van der Waals surface area contributed by atoms with E-state index in [9.17, 15) is 13.6 Å². The fraction of sp³-hybridized carbons (Fsp3) is 0.333. The predicted molar refractivity (Wildman–Crippen MR) is 60.7 cm³/mol. The Kier molecular flexibility index (Phi) is 3.27. The van der Waals surface area contributed by atoms with E-state index in [1.54, 1.807) is 6.92 Å². The first kappa shape index (κ1) is 12.5. The normalized spacial score (nSPS) is 22.3. The van der Waals surface area contributed by atoms with Gasteiger partial charge in [0.05, 0.1) is 11.6 Å². The number of hydrogen-bond acceptors (Lipinski definition) is 3. The van der Waals surface area contributed by atoms with Crippen LogP contribution < -0.4 is 5.32 Å². The molecule has 0 saturated heterocycles. The Morgan fingerprint density at radius 2 is 2.11 bits per heavy atom. The van der Waals surface area contributed by atoms with Crippen molar-refractivity contribution in [2.75, 3.05) is 0 Å². The Morgan fingerprint density at radius 3 is 2.72 bits per heavy atom. The number of rotatable bonds is 2. The molecule has 0 radical (unpaired) electrons. The summed E-state index contributed by atoms with van der Waals surface area (Å²) >= 11 is 0. The van der Waals surface area contributed by atoms with Gasteiger partial charge in [0, 0.05) is 12.5 Å². The standard InChI is InChI=1S/C12H12F2N2O2/c1-6-11(16-18-12(6)15-7(2)17)8-3-4-9(13)10(14)5-8/h3-6,12H,1-2H3,(H,15,17). The highest BCUT2D eigenvalue weighted by Gasteiger charge is 2.32. The van der Waals surface area contributed by atoms with E-state index in [0.29, 0.717) is 11.3 Å². The van der Waals surface area contributed by atoms with Crippen LogP contribution in [0, 0.1) is 17.6 Å². The third-order valence-corrected chi connectivity index (χ3v) is 2.71. The van der Waals surface area contributed by atoms with Gasteiger partial charge in [-0.3, -0.25) is 4.79 Å². The first-order valence-electron chi connectivity index (χ1n) is 5.45. The van der Waals surface area contributed by atoms with Crippen molar-refractivity contribution in [3.05, 3.63) is 35.4 Å². The second-order valence-corrected chi connectivity index (χ2v) is 4.12. The molecule has 0 aliphatic carbocycles. The van der Waals surface area contributed by atoms with E-state index in [-0.39, 0.29) is 11.8 Å². The molecule has 1 heterocycles. The van der Waals surface area contributed by atoms with E-state index in [0.717, 1.165) is 12.1 Å². The Hall–Kier alpha value is -1.98. The van der Waals surface area contributed by atoms with E-state index in [2.05, 4.69) is 10.5 Å². The molecule has 96 valence electrons. The minimum absolute atomic E-state index is 0.237. The van der Waals surface area contributed by atoms with Crippen molar-refractivity contribution in [1.82, 2.24) is 5.32 Å². The molecule has 1 aromatic rings. The van der Waals surface area contributed by atoms with Crippen LogP contribution in [0.15, 0.2) is 23.4 Å². The van der Waals surface area contributed by atoms with Crippen molar-refractivity contribution in [3.8, 4) is 0 Å². The first-order chi connectivity index (χ1) is 8.49. The lowest BCUT2D eigenvalue weighted by Crippen LogP contribution is -2.38. The molecule has 0 spiro atoms. The molecule has 2 unspecified atom stereocenters. The average molecular weight is 254 g/mol. The Labute approximate surface area is 103 Å². The van der Waals surface area contributed by atoms with Crippen molar-refractivity contribution in [2.24, 2.45) is 11.1 Å². The summed E-state index contributed by atoms with van der Waals surface area (Å²) in [6.45, 7) is 3.15. The maximum atomic E-state index is 13.1. The van der Waals surface area contributed by atoms with Crippen LogP contribution >= 0.6 is 0 Å². The van der Waals surface area contributed by atoms with Crippen LogP contribution in [0.3, 0.4) is 0 Å². The van der Waals surface area contributed by atoms with Crippen LogP contribution in [0.1, 0.15) is 19.4 Å². The molecule has 6 heteroatoms. The first-order valence-corrected chi connectivity index (χ1v) is 5.45. The summed E-state index contributed by atoms with van der Waals surface area (Å²) in [6, 6.07) is 3.52. The van der Waals surface area contributed by atoms with Gasteiger partial charge in [-0.2, -0.15) is 0 Å². The van der Waals surface area contributed by atoms with Crippen LogP contribution in [-0.4, -0.2) is 17.8 Å².